The van der Waals surface area contributed by atoms with Gasteiger partial charge in [-0.2, -0.15) is 0 Å². The fraction of sp³-hybridized carbons (Fsp3) is 0.941. The van der Waals surface area contributed by atoms with Gasteiger partial charge in [0, 0.05) is 0 Å². The maximum atomic E-state index is 12.6. The summed E-state index contributed by atoms with van der Waals surface area (Å²) in [6, 6.07) is 0. The number of hydrogen-bond acceptors (Lipinski definition) is 2. The third kappa shape index (κ3) is 3.52. The van der Waals surface area contributed by atoms with Crippen LogP contribution in [0.4, 0.5) is 0 Å². The first-order valence-electron chi connectivity index (χ1n) is 8.34. The Morgan fingerprint density at radius 2 is 1.47 bits per heavy atom. The van der Waals surface area contributed by atoms with Crippen molar-refractivity contribution in [3.05, 3.63) is 0 Å². The van der Waals surface area contributed by atoms with Gasteiger partial charge in [0.05, 0.1) is 5.41 Å². The number of carbonyl (C=O) groups is 1. The summed E-state index contributed by atoms with van der Waals surface area (Å²) < 4.78 is 6.12. The molecule has 0 N–H and O–H groups in total. The van der Waals surface area contributed by atoms with Crippen LogP contribution < -0.4 is 0 Å². The number of hydrogen-bond donors (Lipinski definition) is 0. The van der Waals surface area contributed by atoms with Gasteiger partial charge >= 0.3 is 5.97 Å². The van der Waals surface area contributed by atoms with Gasteiger partial charge in [0.25, 0.3) is 0 Å². The summed E-state index contributed by atoms with van der Waals surface area (Å²) in [4.78, 5) is 12.6. The number of esters is 1. The van der Waals surface area contributed by atoms with Gasteiger partial charge in [-0.3, -0.25) is 4.79 Å². The zero-order chi connectivity index (χ0) is 13.8. The zero-order valence-corrected chi connectivity index (χ0v) is 12.8. The van der Waals surface area contributed by atoms with Crippen LogP contribution >= 0.6 is 0 Å². The molecule has 2 aliphatic rings. The molecule has 110 valence electrons. The summed E-state index contributed by atoms with van der Waals surface area (Å²) in [6.45, 7) is 4.32. The van der Waals surface area contributed by atoms with Crippen LogP contribution in [0.2, 0.25) is 0 Å². The molecule has 0 amide bonds. The number of ether oxygens (including phenoxy) is 1. The normalized spacial score (nSPS) is 25.8. The molecule has 0 unspecified atom stereocenters. The zero-order valence-electron chi connectivity index (χ0n) is 12.8. The molecule has 0 aliphatic heterocycles. The van der Waals surface area contributed by atoms with E-state index in [1.807, 2.05) is 0 Å². The fourth-order valence-electron chi connectivity index (χ4n) is 3.91. The van der Waals surface area contributed by atoms with Crippen molar-refractivity contribution in [2.45, 2.75) is 96.5 Å². The van der Waals surface area contributed by atoms with E-state index in [4.69, 9.17) is 4.74 Å². The third-order valence-electron chi connectivity index (χ3n) is 5.23. The number of rotatable bonds is 4. The Morgan fingerprint density at radius 3 is 2.00 bits per heavy atom. The summed E-state index contributed by atoms with van der Waals surface area (Å²) >= 11 is 0. The summed E-state index contributed by atoms with van der Waals surface area (Å²) in [6.07, 6.45) is 13.8. The van der Waals surface area contributed by atoms with Crippen LogP contribution in [0.1, 0.15) is 90.9 Å². The Kier molecular flexibility index (Phi) is 4.92. The third-order valence-corrected chi connectivity index (χ3v) is 5.23. The molecule has 0 saturated heterocycles. The van der Waals surface area contributed by atoms with Gasteiger partial charge in [0.1, 0.15) is 5.60 Å². The van der Waals surface area contributed by atoms with Gasteiger partial charge in [0.2, 0.25) is 0 Å². The van der Waals surface area contributed by atoms with Crippen LogP contribution in [0.5, 0.6) is 0 Å². The molecule has 0 atom stereocenters. The Hall–Kier alpha value is -0.530. The van der Waals surface area contributed by atoms with Crippen molar-refractivity contribution in [2.24, 2.45) is 5.41 Å². The van der Waals surface area contributed by atoms with E-state index in [9.17, 15) is 4.79 Å². The van der Waals surface area contributed by atoms with E-state index in [2.05, 4.69) is 13.8 Å². The SMILES string of the molecule is CCCC1(OC(=O)C2(C)CCCCC2)CCCCC1. The lowest BCUT2D eigenvalue weighted by atomic mass is 9.75. The molecule has 19 heavy (non-hydrogen) atoms. The van der Waals surface area contributed by atoms with E-state index in [1.165, 1.54) is 38.5 Å². The van der Waals surface area contributed by atoms with Crippen LogP contribution in [0.3, 0.4) is 0 Å². The van der Waals surface area contributed by atoms with E-state index >= 15 is 0 Å². The van der Waals surface area contributed by atoms with Crippen molar-refractivity contribution in [3.63, 3.8) is 0 Å². The van der Waals surface area contributed by atoms with E-state index < -0.39 is 0 Å². The van der Waals surface area contributed by atoms with E-state index in [0.29, 0.717) is 0 Å². The predicted molar refractivity (Wildman–Crippen MR) is 78.0 cm³/mol. The average Bonchev–Trinajstić information content (AvgIpc) is 2.41. The summed E-state index contributed by atoms with van der Waals surface area (Å²) in [5.41, 5.74) is -0.318. The van der Waals surface area contributed by atoms with Crippen molar-refractivity contribution < 1.29 is 9.53 Å². The summed E-state index contributed by atoms with van der Waals surface area (Å²) in [7, 11) is 0. The second-order valence-electron chi connectivity index (χ2n) is 7.00. The first-order valence-corrected chi connectivity index (χ1v) is 8.34. The van der Waals surface area contributed by atoms with Crippen LogP contribution in [-0.4, -0.2) is 11.6 Å². The quantitative estimate of drug-likeness (QED) is 0.669. The summed E-state index contributed by atoms with van der Waals surface area (Å²) in [5, 5.41) is 0. The molecule has 0 aromatic carbocycles. The molecule has 0 bridgehead atoms. The van der Waals surface area contributed by atoms with E-state index in [0.717, 1.165) is 38.5 Å². The van der Waals surface area contributed by atoms with Gasteiger partial charge in [-0.25, -0.2) is 0 Å². The van der Waals surface area contributed by atoms with Gasteiger partial charge in [0.15, 0.2) is 0 Å². The van der Waals surface area contributed by atoms with Gasteiger partial charge in [-0.05, 0) is 51.9 Å². The number of carbonyl (C=O) groups excluding carboxylic acids is 1. The fourth-order valence-corrected chi connectivity index (χ4v) is 3.91. The highest BCUT2D eigenvalue weighted by Gasteiger charge is 2.42. The second kappa shape index (κ2) is 6.28. The lowest BCUT2D eigenvalue weighted by molar-refractivity contribution is -0.178. The first kappa shape index (κ1) is 14.9. The minimum Gasteiger partial charge on any atom is -0.459 e. The molecular formula is C17H30O2. The lowest BCUT2D eigenvalue weighted by Crippen LogP contribution is -2.42. The largest absolute Gasteiger partial charge is 0.459 e. The Bertz CT molecular complexity index is 291. The van der Waals surface area contributed by atoms with Crippen molar-refractivity contribution in [1.82, 2.24) is 0 Å². The molecular weight excluding hydrogens is 236 g/mol. The van der Waals surface area contributed by atoms with Crippen LogP contribution in [0.15, 0.2) is 0 Å². The van der Waals surface area contributed by atoms with Gasteiger partial charge in [-0.15, -0.1) is 0 Å². The molecule has 2 fully saturated rings. The Balaban J connectivity index is 2.01. The van der Waals surface area contributed by atoms with Crippen molar-refractivity contribution in [2.75, 3.05) is 0 Å². The molecule has 2 rings (SSSR count). The molecule has 0 radical (unpaired) electrons. The van der Waals surface area contributed by atoms with Crippen molar-refractivity contribution in [1.29, 1.82) is 0 Å². The van der Waals surface area contributed by atoms with Crippen LogP contribution in [0.25, 0.3) is 0 Å². The predicted octanol–water partition coefficient (Wildman–Crippen LogP) is 5.00. The second-order valence-corrected chi connectivity index (χ2v) is 7.00. The summed E-state index contributed by atoms with van der Waals surface area (Å²) in [5.74, 6) is 0.0996. The Labute approximate surface area is 118 Å². The molecule has 0 aromatic rings. The molecule has 2 nitrogen and oxygen atoms in total. The van der Waals surface area contributed by atoms with Crippen molar-refractivity contribution in [3.8, 4) is 0 Å². The van der Waals surface area contributed by atoms with Crippen molar-refractivity contribution >= 4 is 5.97 Å². The molecule has 2 heteroatoms. The molecule has 0 aromatic heterocycles. The smallest absolute Gasteiger partial charge is 0.312 e. The van der Waals surface area contributed by atoms with Crippen LogP contribution in [0, 0.1) is 5.41 Å². The molecule has 0 heterocycles. The average molecular weight is 266 g/mol. The maximum absolute atomic E-state index is 12.6. The van der Waals surface area contributed by atoms with Gasteiger partial charge < -0.3 is 4.74 Å². The molecule has 0 spiro atoms. The highest BCUT2D eigenvalue weighted by atomic mass is 16.6. The first-order chi connectivity index (χ1) is 9.10. The lowest BCUT2D eigenvalue weighted by Gasteiger charge is -2.41. The minimum atomic E-state index is -0.198. The molecule has 2 saturated carbocycles. The topological polar surface area (TPSA) is 26.3 Å². The molecule has 2 aliphatic carbocycles. The maximum Gasteiger partial charge on any atom is 0.312 e. The minimum absolute atomic E-state index is 0.0996. The van der Waals surface area contributed by atoms with E-state index in [-0.39, 0.29) is 17.0 Å². The monoisotopic (exact) mass is 266 g/mol. The van der Waals surface area contributed by atoms with Crippen LogP contribution in [-0.2, 0) is 9.53 Å². The highest BCUT2D eigenvalue weighted by Crippen LogP contribution is 2.41. The standard InChI is InChI=1S/C17H30O2/c1-3-10-17(13-8-5-9-14-17)19-15(18)16(2)11-6-4-7-12-16/h3-14H2,1-2H3. The van der Waals surface area contributed by atoms with Gasteiger partial charge in [-0.1, -0.05) is 39.0 Å². The highest BCUT2D eigenvalue weighted by molar-refractivity contribution is 5.77. The van der Waals surface area contributed by atoms with E-state index in [1.54, 1.807) is 0 Å². The Morgan fingerprint density at radius 1 is 0.947 bits per heavy atom.